The molecule has 0 saturated heterocycles. The van der Waals surface area contributed by atoms with E-state index in [-0.39, 0.29) is 11.8 Å². The van der Waals surface area contributed by atoms with E-state index >= 15 is 0 Å². The number of para-hydroxylation sites is 1. The lowest BCUT2D eigenvalue weighted by Crippen LogP contribution is -2.08. The van der Waals surface area contributed by atoms with E-state index < -0.39 is 0 Å². The largest absolute Gasteiger partial charge is 0.493 e. The quantitative estimate of drug-likeness (QED) is 0.508. The zero-order valence-electron chi connectivity index (χ0n) is 14.3. The number of aromatic hydroxyl groups is 1. The monoisotopic (exact) mass is 340 g/mol. The van der Waals surface area contributed by atoms with Crippen molar-refractivity contribution in [1.29, 1.82) is 0 Å². The fourth-order valence-electron chi connectivity index (χ4n) is 2.42. The molecule has 0 aliphatic heterocycles. The molecule has 25 heavy (non-hydrogen) atoms. The van der Waals surface area contributed by atoms with Gasteiger partial charge in [-0.3, -0.25) is 0 Å². The van der Waals surface area contributed by atoms with Crippen LogP contribution >= 0.6 is 0 Å². The predicted octanol–water partition coefficient (Wildman–Crippen LogP) is 3.65. The summed E-state index contributed by atoms with van der Waals surface area (Å²) in [5.41, 5.74) is 2.19. The Morgan fingerprint density at radius 2 is 1.72 bits per heavy atom. The molecule has 4 N–H and O–H groups in total. The van der Waals surface area contributed by atoms with Crippen LogP contribution < -0.4 is 10.6 Å². The molecule has 0 atom stereocenters. The number of aryl methyl sites for hydroxylation is 1. The molecule has 0 bridgehead atoms. The number of rotatable bonds is 6. The summed E-state index contributed by atoms with van der Waals surface area (Å²) in [6.07, 6.45) is 0. The third-order valence-electron chi connectivity index (χ3n) is 3.53. The van der Waals surface area contributed by atoms with Gasteiger partial charge in [0.05, 0.1) is 5.52 Å². The molecule has 0 amide bonds. The van der Waals surface area contributed by atoms with Crippen LogP contribution in [0.1, 0.15) is 19.4 Å². The molecule has 0 unspecified atom stereocenters. The third kappa shape index (κ3) is 3.49. The first kappa shape index (κ1) is 16.6. The van der Waals surface area contributed by atoms with Crippen LogP contribution in [0.5, 0.6) is 5.88 Å². The first-order chi connectivity index (χ1) is 12.1. The molecule has 0 aliphatic rings. The second-order valence-electron chi connectivity index (χ2n) is 5.36. The summed E-state index contributed by atoms with van der Waals surface area (Å²) in [4.78, 5) is 15.6. The van der Waals surface area contributed by atoms with Crippen LogP contribution in [0.2, 0.25) is 0 Å². The number of hydrogen-bond acceptors (Lipinski definition) is 8. The molecule has 0 radical (unpaired) electrons. The van der Waals surface area contributed by atoms with Crippen molar-refractivity contribution in [3.63, 3.8) is 0 Å². The van der Waals surface area contributed by atoms with Crippen molar-refractivity contribution < 1.29 is 5.11 Å². The van der Waals surface area contributed by atoms with Gasteiger partial charge in [-0.2, -0.15) is 15.0 Å². The second kappa shape index (κ2) is 7.12. The van der Waals surface area contributed by atoms with Gasteiger partial charge in [0, 0.05) is 18.5 Å². The highest BCUT2D eigenvalue weighted by atomic mass is 16.3. The maximum Gasteiger partial charge on any atom is 0.275 e. The number of H-pyrrole nitrogens is 1. The Hall–Kier alpha value is -3.23. The third-order valence-corrected chi connectivity index (χ3v) is 3.53. The Morgan fingerprint density at radius 1 is 1.04 bits per heavy atom. The molecule has 9 heteroatoms. The van der Waals surface area contributed by atoms with Crippen molar-refractivity contribution in [2.75, 3.05) is 23.7 Å². The van der Waals surface area contributed by atoms with E-state index in [2.05, 4.69) is 40.8 Å². The van der Waals surface area contributed by atoms with E-state index in [0.29, 0.717) is 30.7 Å². The van der Waals surface area contributed by atoms with Crippen molar-refractivity contribution in [3.8, 4) is 5.88 Å². The topological polar surface area (TPSA) is 123 Å². The van der Waals surface area contributed by atoms with Gasteiger partial charge in [0.1, 0.15) is 0 Å². The maximum absolute atomic E-state index is 10.1. The summed E-state index contributed by atoms with van der Waals surface area (Å²) in [6, 6.07) is 5.73. The number of fused-ring (bicyclic) bond motifs is 1. The Balaban J connectivity index is 1.99. The summed E-state index contributed by atoms with van der Waals surface area (Å²) in [5, 5.41) is 25.2. The lowest BCUT2D eigenvalue weighted by atomic mass is 10.1. The lowest BCUT2D eigenvalue weighted by Gasteiger charge is -2.05. The highest BCUT2D eigenvalue weighted by molar-refractivity contribution is 5.95. The van der Waals surface area contributed by atoms with E-state index in [0.717, 1.165) is 16.5 Å². The van der Waals surface area contributed by atoms with E-state index in [1.165, 1.54) is 0 Å². The van der Waals surface area contributed by atoms with Gasteiger partial charge in [0.15, 0.2) is 5.69 Å². The number of aromatic nitrogens is 4. The van der Waals surface area contributed by atoms with Crippen molar-refractivity contribution in [2.45, 2.75) is 20.8 Å². The van der Waals surface area contributed by atoms with E-state index in [1.807, 2.05) is 39.0 Å². The van der Waals surface area contributed by atoms with Gasteiger partial charge in [0.2, 0.25) is 17.8 Å². The van der Waals surface area contributed by atoms with Crippen molar-refractivity contribution in [2.24, 2.45) is 10.2 Å². The summed E-state index contributed by atoms with van der Waals surface area (Å²) in [6.45, 7) is 7.20. The first-order valence-corrected chi connectivity index (χ1v) is 8.08. The Labute approximate surface area is 144 Å². The molecule has 3 rings (SSSR count). The molecule has 0 saturated carbocycles. The molecule has 2 heterocycles. The van der Waals surface area contributed by atoms with Crippen LogP contribution in [0.15, 0.2) is 28.4 Å². The van der Waals surface area contributed by atoms with Crippen molar-refractivity contribution in [1.82, 2.24) is 19.9 Å². The standard InChI is InChI=1S/C16H20N8O/c1-4-17-14-20-15(18-5-2)22-16(21-14)24-23-12-10-8-6-7-9(3)11(10)19-13(12)25/h6-8,19,25H,4-5H2,1-3H3,(H2,17,18,20,21,22). The van der Waals surface area contributed by atoms with Crippen molar-refractivity contribution in [3.05, 3.63) is 23.8 Å². The second-order valence-corrected chi connectivity index (χ2v) is 5.36. The maximum atomic E-state index is 10.1. The van der Waals surface area contributed by atoms with Gasteiger partial charge >= 0.3 is 0 Å². The fraction of sp³-hybridized carbons (Fsp3) is 0.312. The summed E-state index contributed by atoms with van der Waals surface area (Å²) in [5.74, 6) is 0.951. The minimum absolute atomic E-state index is 0.0408. The summed E-state index contributed by atoms with van der Waals surface area (Å²) < 4.78 is 0. The molecule has 0 fully saturated rings. The van der Waals surface area contributed by atoms with Crippen LogP contribution in [-0.4, -0.2) is 38.1 Å². The van der Waals surface area contributed by atoms with Gasteiger partial charge in [-0.1, -0.05) is 18.2 Å². The highest BCUT2D eigenvalue weighted by Gasteiger charge is 2.12. The van der Waals surface area contributed by atoms with Crippen molar-refractivity contribution >= 4 is 34.4 Å². The zero-order valence-corrected chi connectivity index (χ0v) is 14.3. The number of aromatic amines is 1. The Morgan fingerprint density at radius 3 is 2.36 bits per heavy atom. The minimum Gasteiger partial charge on any atom is -0.493 e. The van der Waals surface area contributed by atoms with Gasteiger partial charge in [0.25, 0.3) is 5.95 Å². The minimum atomic E-state index is -0.0408. The van der Waals surface area contributed by atoms with E-state index in [1.54, 1.807) is 0 Å². The number of hydrogen-bond donors (Lipinski definition) is 4. The smallest absolute Gasteiger partial charge is 0.275 e. The number of nitrogens with one attached hydrogen (secondary N) is 3. The first-order valence-electron chi connectivity index (χ1n) is 8.08. The van der Waals surface area contributed by atoms with Gasteiger partial charge in [-0.15, -0.1) is 10.2 Å². The molecule has 0 spiro atoms. The molecule has 9 nitrogen and oxygen atoms in total. The highest BCUT2D eigenvalue weighted by Crippen LogP contribution is 2.37. The van der Waals surface area contributed by atoms with Crippen LogP contribution in [0.25, 0.3) is 10.9 Å². The molecular formula is C16H20N8O. The average molecular weight is 340 g/mol. The Kier molecular flexibility index (Phi) is 4.73. The van der Waals surface area contributed by atoms with E-state index in [4.69, 9.17) is 0 Å². The number of anilines is 2. The summed E-state index contributed by atoms with van der Waals surface area (Å²) >= 11 is 0. The van der Waals surface area contributed by atoms with Gasteiger partial charge in [-0.25, -0.2) is 0 Å². The van der Waals surface area contributed by atoms with Crippen LogP contribution in [0, 0.1) is 6.92 Å². The van der Waals surface area contributed by atoms with E-state index in [9.17, 15) is 5.11 Å². The number of benzene rings is 1. The van der Waals surface area contributed by atoms with Crippen LogP contribution in [0.4, 0.5) is 23.5 Å². The molecule has 0 aliphatic carbocycles. The fourth-order valence-corrected chi connectivity index (χ4v) is 2.42. The predicted molar refractivity (Wildman–Crippen MR) is 97.0 cm³/mol. The molecule has 3 aromatic rings. The van der Waals surface area contributed by atoms with Crippen LogP contribution in [0.3, 0.4) is 0 Å². The lowest BCUT2D eigenvalue weighted by molar-refractivity contribution is 0.459. The average Bonchev–Trinajstić information content (AvgIpc) is 2.90. The zero-order chi connectivity index (χ0) is 17.8. The molecule has 130 valence electrons. The number of azo groups is 1. The summed E-state index contributed by atoms with van der Waals surface area (Å²) in [7, 11) is 0. The van der Waals surface area contributed by atoms with Crippen LogP contribution in [-0.2, 0) is 0 Å². The van der Waals surface area contributed by atoms with Gasteiger partial charge in [-0.05, 0) is 26.3 Å². The number of nitrogens with zero attached hydrogens (tertiary/aromatic N) is 5. The normalized spacial score (nSPS) is 11.3. The molecule has 2 aromatic heterocycles. The Bertz CT molecular complexity index is 894. The molecule has 1 aromatic carbocycles. The van der Waals surface area contributed by atoms with Gasteiger partial charge < -0.3 is 20.7 Å². The SMILES string of the molecule is CCNc1nc(N=Nc2c(O)[nH]c3c(C)cccc23)nc(NCC)n1. The molecular weight excluding hydrogens is 320 g/mol.